The van der Waals surface area contributed by atoms with Crippen LogP contribution in [0.4, 0.5) is 0 Å². The Labute approximate surface area is 139 Å². The van der Waals surface area contributed by atoms with Gasteiger partial charge in [0.2, 0.25) is 5.91 Å². The summed E-state index contributed by atoms with van der Waals surface area (Å²) < 4.78 is 7.23. The smallest absolute Gasteiger partial charge is 0.234 e. The number of hydrogen-bond acceptors (Lipinski definition) is 4. The Bertz CT molecular complexity index is 479. The number of aromatic nitrogens is 2. The summed E-state index contributed by atoms with van der Waals surface area (Å²) in [4.78, 5) is 18.5. The first-order valence-electron chi connectivity index (χ1n) is 8.59. The summed E-state index contributed by atoms with van der Waals surface area (Å²) in [5.74, 6) is 2.40. The van der Waals surface area contributed by atoms with Crippen molar-refractivity contribution in [2.45, 2.75) is 39.2 Å². The van der Waals surface area contributed by atoms with E-state index in [1.165, 1.54) is 5.82 Å². The third-order valence-corrected chi connectivity index (χ3v) is 4.42. The molecule has 1 saturated heterocycles. The van der Waals surface area contributed by atoms with Crippen LogP contribution in [0.5, 0.6) is 0 Å². The lowest BCUT2D eigenvalue weighted by Gasteiger charge is -2.32. The molecule has 1 aromatic heterocycles. The van der Waals surface area contributed by atoms with Crippen molar-refractivity contribution in [2.75, 3.05) is 39.9 Å². The Hall–Kier alpha value is -1.40. The lowest BCUT2D eigenvalue weighted by molar-refractivity contribution is -0.122. The van der Waals surface area contributed by atoms with Gasteiger partial charge in [0.05, 0.1) is 13.2 Å². The first-order valence-corrected chi connectivity index (χ1v) is 8.59. The summed E-state index contributed by atoms with van der Waals surface area (Å²) in [6.45, 7) is 9.05. The number of hydrogen-bond donors (Lipinski definition) is 1. The number of piperidine rings is 1. The molecule has 130 valence electrons. The fourth-order valence-corrected chi connectivity index (χ4v) is 3.13. The molecule has 1 aliphatic heterocycles. The van der Waals surface area contributed by atoms with E-state index in [1.807, 2.05) is 6.20 Å². The number of likely N-dealkylation sites (tertiary alicyclic amines) is 1. The molecule has 0 aromatic carbocycles. The van der Waals surface area contributed by atoms with Gasteiger partial charge in [-0.2, -0.15) is 0 Å². The van der Waals surface area contributed by atoms with Gasteiger partial charge in [0.15, 0.2) is 0 Å². The van der Waals surface area contributed by atoms with Crippen molar-refractivity contribution < 1.29 is 9.53 Å². The SMILES string of the molecule is COCCNC(=O)CN1CCC(Cn2ccnc2C(C)C)CC1. The van der Waals surface area contributed by atoms with E-state index in [-0.39, 0.29) is 5.91 Å². The molecule has 6 nitrogen and oxygen atoms in total. The quantitative estimate of drug-likeness (QED) is 0.737. The molecule has 0 radical (unpaired) electrons. The molecule has 2 rings (SSSR count). The molecule has 0 aliphatic carbocycles. The van der Waals surface area contributed by atoms with Gasteiger partial charge in [-0.25, -0.2) is 4.98 Å². The van der Waals surface area contributed by atoms with Gasteiger partial charge in [-0.05, 0) is 31.8 Å². The van der Waals surface area contributed by atoms with Gasteiger partial charge in [-0.3, -0.25) is 9.69 Å². The van der Waals surface area contributed by atoms with Gasteiger partial charge in [0.25, 0.3) is 0 Å². The van der Waals surface area contributed by atoms with Crippen molar-refractivity contribution in [3.63, 3.8) is 0 Å². The van der Waals surface area contributed by atoms with Crippen molar-refractivity contribution in [1.82, 2.24) is 19.8 Å². The maximum absolute atomic E-state index is 11.8. The third-order valence-electron chi connectivity index (χ3n) is 4.42. The van der Waals surface area contributed by atoms with Gasteiger partial charge < -0.3 is 14.6 Å². The number of ether oxygens (including phenoxy) is 1. The Kier molecular flexibility index (Phi) is 7.05. The largest absolute Gasteiger partial charge is 0.383 e. The van der Waals surface area contributed by atoms with Crippen molar-refractivity contribution in [3.05, 3.63) is 18.2 Å². The van der Waals surface area contributed by atoms with E-state index in [4.69, 9.17) is 4.74 Å². The van der Waals surface area contributed by atoms with Crippen LogP contribution in [0, 0.1) is 5.92 Å². The first kappa shape index (κ1) is 17.9. The van der Waals surface area contributed by atoms with Gasteiger partial charge in [-0.15, -0.1) is 0 Å². The molecule has 0 atom stereocenters. The molecule has 1 N–H and O–H groups in total. The summed E-state index contributed by atoms with van der Waals surface area (Å²) >= 11 is 0. The summed E-state index contributed by atoms with van der Waals surface area (Å²) in [7, 11) is 1.64. The third kappa shape index (κ3) is 5.62. The van der Waals surface area contributed by atoms with Crippen molar-refractivity contribution in [1.29, 1.82) is 0 Å². The summed E-state index contributed by atoms with van der Waals surface area (Å²) in [5, 5.41) is 2.88. The normalized spacial score (nSPS) is 16.9. The highest BCUT2D eigenvalue weighted by Crippen LogP contribution is 2.21. The number of methoxy groups -OCH3 is 1. The summed E-state index contributed by atoms with van der Waals surface area (Å²) in [5.41, 5.74) is 0. The Morgan fingerprint density at radius 3 is 2.83 bits per heavy atom. The van der Waals surface area contributed by atoms with Gasteiger partial charge in [0, 0.05) is 38.5 Å². The number of carbonyl (C=O) groups excluding carboxylic acids is 1. The van der Waals surface area contributed by atoms with Gasteiger partial charge in [0.1, 0.15) is 5.82 Å². The topological polar surface area (TPSA) is 59.4 Å². The second-order valence-corrected chi connectivity index (χ2v) is 6.65. The van der Waals surface area contributed by atoms with Crippen LogP contribution in [-0.2, 0) is 16.1 Å². The molecule has 0 unspecified atom stereocenters. The van der Waals surface area contributed by atoms with E-state index in [9.17, 15) is 4.79 Å². The zero-order chi connectivity index (χ0) is 16.7. The van der Waals surface area contributed by atoms with E-state index in [2.05, 4.69) is 39.8 Å². The molecule has 2 heterocycles. The lowest BCUT2D eigenvalue weighted by atomic mass is 9.96. The molecule has 23 heavy (non-hydrogen) atoms. The predicted molar refractivity (Wildman–Crippen MR) is 90.4 cm³/mol. The molecule has 1 amide bonds. The minimum Gasteiger partial charge on any atom is -0.383 e. The van der Waals surface area contributed by atoms with Gasteiger partial charge >= 0.3 is 0 Å². The minimum absolute atomic E-state index is 0.0946. The Morgan fingerprint density at radius 2 is 2.17 bits per heavy atom. The zero-order valence-electron chi connectivity index (χ0n) is 14.6. The number of imidazole rings is 1. The average molecular weight is 322 g/mol. The van der Waals surface area contributed by atoms with Crippen LogP contribution in [0.3, 0.4) is 0 Å². The van der Waals surface area contributed by atoms with E-state index in [1.54, 1.807) is 7.11 Å². The van der Waals surface area contributed by atoms with Crippen LogP contribution in [-0.4, -0.2) is 60.3 Å². The average Bonchev–Trinajstić information content (AvgIpc) is 2.98. The lowest BCUT2D eigenvalue weighted by Crippen LogP contribution is -2.42. The fraction of sp³-hybridized carbons (Fsp3) is 0.765. The van der Waals surface area contributed by atoms with Crippen LogP contribution in [0.1, 0.15) is 38.4 Å². The molecule has 1 aromatic rings. The Morgan fingerprint density at radius 1 is 1.43 bits per heavy atom. The maximum atomic E-state index is 11.8. The maximum Gasteiger partial charge on any atom is 0.234 e. The molecule has 1 fully saturated rings. The van der Waals surface area contributed by atoms with Crippen molar-refractivity contribution in [2.24, 2.45) is 5.92 Å². The van der Waals surface area contributed by atoms with Crippen LogP contribution in [0.15, 0.2) is 12.4 Å². The highest BCUT2D eigenvalue weighted by atomic mass is 16.5. The summed E-state index contributed by atoms with van der Waals surface area (Å²) in [6.07, 6.45) is 6.27. The van der Waals surface area contributed by atoms with Crippen LogP contribution in [0.2, 0.25) is 0 Å². The number of nitrogens with one attached hydrogen (secondary N) is 1. The number of carbonyl (C=O) groups is 1. The molecule has 1 aliphatic rings. The Balaban J connectivity index is 1.71. The summed E-state index contributed by atoms with van der Waals surface area (Å²) in [6, 6.07) is 0. The predicted octanol–water partition coefficient (Wildman–Crippen LogP) is 1.48. The molecular weight excluding hydrogens is 292 g/mol. The minimum atomic E-state index is 0.0946. The number of nitrogens with zero attached hydrogens (tertiary/aromatic N) is 3. The number of amides is 1. The first-order chi connectivity index (χ1) is 11.1. The molecule has 0 bridgehead atoms. The molecule has 0 saturated carbocycles. The zero-order valence-corrected chi connectivity index (χ0v) is 14.6. The van der Waals surface area contributed by atoms with Crippen LogP contribution < -0.4 is 5.32 Å². The van der Waals surface area contributed by atoms with Crippen molar-refractivity contribution in [3.8, 4) is 0 Å². The number of rotatable bonds is 8. The fourth-order valence-electron chi connectivity index (χ4n) is 3.13. The second-order valence-electron chi connectivity index (χ2n) is 6.65. The van der Waals surface area contributed by atoms with Crippen LogP contribution >= 0.6 is 0 Å². The molecule has 6 heteroatoms. The van der Waals surface area contributed by atoms with Gasteiger partial charge in [-0.1, -0.05) is 13.8 Å². The monoisotopic (exact) mass is 322 g/mol. The molecular formula is C17H30N4O2. The second kappa shape index (κ2) is 9.03. The standard InChI is InChI=1S/C17H30N4O2/c1-14(2)17-19-6-10-21(17)12-15-4-8-20(9-5-15)13-16(22)18-7-11-23-3/h6,10,14-15H,4-5,7-9,11-13H2,1-3H3,(H,18,22). The highest BCUT2D eigenvalue weighted by molar-refractivity contribution is 5.77. The van der Waals surface area contributed by atoms with E-state index >= 15 is 0 Å². The highest BCUT2D eigenvalue weighted by Gasteiger charge is 2.22. The van der Waals surface area contributed by atoms with E-state index in [0.29, 0.717) is 31.5 Å². The van der Waals surface area contributed by atoms with E-state index in [0.717, 1.165) is 32.5 Å². The molecule has 0 spiro atoms. The van der Waals surface area contributed by atoms with Crippen molar-refractivity contribution >= 4 is 5.91 Å². The van der Waals surface area contributed by atoms with Crippen LogP contribution in [0.25, 0.3) is 0 Å². The van der Waals surface area contributed by atoms with E-state index < -0.39 is 0 Å².